The van der Waals surface area contributed by atoms with Crippen LogP contribution in [0.3, 0.4) is 0 Å². The molecule has 0 bridgehead atoms. The summed E-state index contributed by atoms with van der Waals surface area (Å²) in [6.45, 7) is 2.67. The molecule has 1 aliphatic heterocycles. The van der Waals surface area contributed by atoms with Gasteiger partial charge in [0.2, 0.25) is 0 Å². The van der Waals surface area contributed by atoms with Gasteiger partial charge in [-0.2, -0.15) is 0 Å². The van der Waals surface area contributed by atoms with Crippen molar-refractivity contribution in [2.45, 2.75) is 38.1 Å². The van der Waals surface area contributed by atoms with Crippen LogP contribution in [0.4, 0.5) is 0 Å². The average molecular weight is 159 g/mol. The zero-order chi connectivity index (χ0) is 8.27. The summed E-state index contributed by atoms with van der Waals surface area (Å²) >= 11 is 0. The van der Waals surface area contributed by atoms with E-state index in [1.165, 1.54) is 0 Å². The second-order valence-electron chi connectivity index (χ2n) is 3.19. The molecule has 1 aliphatic rings. The molecule has 3 atom stereocenters. The SMILES string of the molecule is CNCC(O)C1CCC(C)O1. The molecule has 1 saturated heterocycles. The summed E-state index contributed by atoms with van der Waals surface area (Å²) in [4.78, 5) is 0. The molecule has 1 rings (SSSR count). The molecule has 3 heteroatoms. The van der Waals surface area contributed by atoms with E-state index in [-0.39, 0.29) is 12.2 Å². The van der Waals surface area contributed by atoms with Crippen LogP contribution in [-0.4, -0.2) is 37.0 Å². The van der Waals surface area contributed by atoms with Gasteiger partial charge in [0.05, 0.1) is 18.3 Å². The highest BCUT2D eigenvalue weighted by Gasteiger charge is 2.27. The largest absolute Gasteiger partial charge is 0.389 e. The molecule has 0 radical (unpaired) electrons. The van der Waals surface area contributed by atoms with E-state index in [1.807, 2.05) is 14.0 Å². The maximum absolute atomic E-state index is 9.48. The molecule has 0 aliphatic carbocycles. The predicted octanol–water partition coefficient (Wildman–Crippen LogP) is 0.134. The predicted molar refractivity (Wildman–Crippen MR) is 43.5 cm³/mol. The van der Waals surface area contributed by atoms with Crippen molar-refractivity contribution in [2.75, 3.05) is 13.6 Å². The van der Waals surface area contributed by atoms with Gasteiger partial charge in [0.25, 0.3) is 0 Å². The first-order chi connectivity index (χ1) is 5.24. The fraction of sp³-hybridized carbons (Fsp3) is 1.00. The molecule has 2 N–H and O–H groups in total. The van der Waals surface area contributed by atoms with Gasteiger partial charge in [-0.25, -0.2) is 0 Å². The van der Waals surface area contributed by atoms with Crippen molar-refractivity contribution in [3.8, 4) is 0 Å². The van der Waals surface area contributed by atoms with Crippen LogP contribution >= 0.6 is 0 Å². The third-order valence-corrected chi connectivity index (χ3v) is 2.11. The van der Waals surface area contributed by atoms with Gasteiger partial charge in [0, 0.05) is 6.54 Å². The van der Waals surface area contributed by atoms with Crippen molar-refractivity contribution >= 4 is 0 Å². The molecule has 1 fully saturated rings. The zero-order valence-corrected chi connectivity index (χ0v) is 7.21. The highest BCUT2D eigenvalue weighted by molar-refractivity contribution is 4.77. The number of hydrogen-bond acceptors (Lipinski definition) is 3. The van der Waals surface area contributed by atoms with Gasteiger partial charge in [-0.05, 0) is 26.8 Å². The van der Waals surface area contributed by atoms with Crippen LogP contribution < -0.4 is 5.32 Å². The maximum Gasteiger partial charge on any atom is 0.0925 e. The number of ether oxygens (including phenoxy) is 1. The van der Waals surface area contributed by atoms with Gasteiger partial charge >= 0.3 is 0 Å². The lowest BCUT2D eigenvalue weighted by atomic mass is 10.1. The first-order valence-electron chi connectivity index (χ1n) is 4.22. The quantitative estimate of drug-likeness (QED) is 0.615. The highest BCUT2D eigenvalue weighted by atomic mass is 16.5. The number of hydrogen-bond donors (Lipinski definition) is 2. The Morgan fingerprint density at radius 3 is 2.82 bits per heavy atom. The summed E-state index contributed by atoms with van der Waals surface area (Å²) in [5, 5.41) is 12.4. The maximum atomic E-state index is 9.48. The molecule has 11 heavy (non-hydrogen) atoms. The minimum Gasteiger partial charge on any atom is -0.389 e. The Kier molecular flexibility index (Phi) is 3.30. The van der Waals surface area contributed by atoms with E-state index < -0.39 is 0 Å². The van der Waals surface area contributed by atoms with Crippen LogP contribution in [0.15, 0.2) is 0 Å². The molecule has 3 unspecified atom stereocenters. The number of nitrogens with one attached hydrogen (secondary N) is 1. The van der Waals surface area contributed by atoms with Gasteiger partial charge in [-0.3, -0.25) is 0 Å². The van der Waals surface area contributed by atoms with E-state index in [0.29, 0.717) is 12.6 Å². The summed E-state index contributed by atoms with van der Waals surface area (Å²) in [5.41, 5.74) is 0. The van der Waals surface area contributed by atoms with Gasteiger partial charge in [-0.1, -0.05) is 0 Å². The lowest BCUT2D eigenvalue weighted by Crippen LogP contribution is -2.34. The number of aliphatic hydroxyl groups is 1. The van der Waals surface area contributed by atoms with Crippen LogP contribution in [0.1, 0.15) is 19.8 Å². The highest BCUT2D eigenvalue weighted by Crippen LogP contribution is 2.21. The normalized spacial score (nSPS) is 34.1. The Bertz CT molecular complexity index is 119. The van der Waals surface area contributed by atoms with Gasteiger partial charge < -0.3 is 15.2 Å². The molecule has 0 aromatic rings. The van der Waals surface area contributed by atoms with E-state index >= 15 is 0 Å². The first-order valence-corrected chi connectivity index (χ1v) is 4.22. The van der Waals surface area contributed by atoms with Crippen molar-refractivity contribution in [2.24, 2.45) is 0 Å². The molecule has 0 aromatic carbocycles. The minimum atomic E-state index is -0.343. The van der Waals surface area contributed by atoms with Crippen LogP contribution in [0.2, 0.25) is 0 Å². The number of likely N-dealkylation sites (N-methyl/N-ethyl adjacent to an activating group) is 1. The summed E-state index contributed by atoms with van der Waals surface area (Å²) in [5.74, 6) is 0. The molecule has 0 saturated carbocycles. The summed E-state index contributed by atoms with van der Waals surface area (Å²) < 4.78 is 5.49. The fourth-order valence-electron chi connectivity index (χ4n) is 1.46. The number of aliphatic hydroxyl groups excluding tert-OH is 1. The van der Waals surface area contributed by atoms with Gasteiger partial charge in [0.15, 0.2) is 0 Å². The molecule has 1 heterocycles. The van der Waals surface area contributed by atoms with Crippen molar-refractivity contribution in [3.63, 3.8) is 0 Å². The first kappa shape index (κ1) is 8.97. The fourth-order valence-corrected chi connectivity index (χ4v) is 1.46. The number of rotatable bonds is 3. The van der Waals surface area contributed by atoms with E-state index in [1.54, 1.807) is 0 Å². The van der Waals surface area contributed by atoms with Crippen molar-refractivity contribution < 1.29 is 9.84 Å². The molecule has 0 amide bonds. The van der Waals surface area contributed by atoms with Crippen molar-refractivity contribution in [1.82, 2.24) is 5.32 Å². The molecular formula is C8H17NO2. The Labute approximate surface area is 67.7 Å². The lowest BCUT2D eigenvalue weighted by molar-refractivity contribution is -0.0267. The second-order valence-corrected chi connectivity index (χ2v) is 3.19. The smallest absolute Gasteiger partial charge is 0.0925 e. The molecule has 0 aromatic heterocycles. The van der Waals surface area contributed by atoms with Gasteiger partial charge in [-0.15, -0.1) is 0 Å². The van der Waals surface area contributed by atoms with E-state index in [4.69, 9.17) is 4.74 Å². The topological polar surface area (TPSA) is 41.5 Å². The van der Waals surface area contributed by atoms with Gasteiger partial charge in [0.1, 0.15) is 0 Å². The van der Waals surface area contributed by atoms with Crippen molar-refractivity contribution in [1.29, 1.82) is 0 Å². The van der Waals surface area contributed by atoms with Crippen LogP contribution in [0.5, 0.6) is 0 Å². The Balaban J connectivity index is 2.25. The Morgan fingerprint density at radius 1 is 1.64 bits per heavy atom. The summed E-state index contributed by atoms with van der Waals surface area (Å²) in [7, 11) is 1.83. The molecule has 66 valence electrons. The third-order valence-electron chi connectivity index (χ3n) is 2.11. The standard InChI is InChI=1S/C8H17NO2/c1-6-3-4-8(11-6)7(10)5-9-2/h6-10H,3-5H2,1-2H3. The van der Waals surface area contributed by atoms with Crippen LogP contribution in [0.25, 0.3) is 0 Å². The van der Waals surface area contributed by atoms with E-state index in [2.05, 4.69) is 5.32 Å². The van der Waals surface area contributed by atoms with Crippen molar-refractivity contribution in [3.05, 3.63) is 0 Å². The second kappa shape index (κ2) is 4.04. The molecule has 0 spiro atoms. The Hall–Kier alpha value is -0.120. The van der Waals surface area contributed by atoms with E-state index in [9.17, 15) is 5.11 Å². The molecular weight excluding hydrogens is 142 g/mol. The Morgan fingerprint density at radius 2 is 2.36 bits per heavy atom. The third kappa shape index (κ3) is 2.43. The minimum absolute atomic E-state index is 0.0532. The summed E-state index contributed by atoms with van der Waals surface area (Å²) in [6.07, 6.45) is 2.10. The summed E-state index contributed by atoms with van der Waals surface area (Å²) in [6, 6.07) is 0. The lowest BCUT2D eigenvalue weighted by Gasteiger charge is -2.17. The van der Waals surface area contributed by atoms with Crippen LogP contribution in [-0.2, 0) is 4.74 Å². The average Bonchev–Trinajstić information content (AvgIpc) is 2.36. The zero-order valence-electron chi connectivity index (χ0n) is 7.21. The molecule has 3 nitrogen and oxygen atoms in total. The monoisotopic (exact) mass is 159 g/mol. The van der Waals surface area contributed by atoms with Crippen LogP contribution in [0, 0.1) is 0 Å². The van der Waals surface area contributed by atoms with E-state index in [0.717, 1.165) is 12.8 Å².